The summed E-state index contributed by atoms with van der Waals surface area (Å²) >= 11 is 0. The Morgan fingerprint density at radius 3 is 2.76 bits per heavy atom. The molecule has 92 valence electrons. The van der Waals surface area contributed by atoms with Crippen LogP contribution in [0, 0.1) is 13.8 Å². The van der Waals surface area contributed by atoms with Crippen molar-refractivity contribution in [2.45, 2.75) is 25.3 Å². The highest BCUT2D eigenvalue weighted by atomic mass is 32.2. The van der Waals surface area contributed by atoms with Crippen LogP contribution in [0.4, 0.5) is 0 Å². The summed E-state index contributed by atoms with van der Waals surface area (Å²) in [5.74, 6) is 1.02. The number of aromatic amines is 1. The molecule has 0 atom stereocenters. The molecule has 2 heterocycles. The van der Waals surface area contributed by atoms with Crippen LogP contribution in [0.5, 0.6) is 0 Å². The van der Waals surface area contributed by atoms with E-state index in [4.69, 9.17) is 4.42 Å². The normalized spacial score (nSPS) is 11.9. The summed E-state index contributed by atoms with van der Waals surface area (Å²) in [5, 5.41) is 6.02. The first-order valence-electron chi connectivity index (χ1n) is 4.90. The van der Waals surface area contributed by atoms with E-state index in [0.717, 1.165) is 5.69 Å². The van der Waals surface area contributed by atoms with E-state index in [1.54, 1.807) is 13.8 Å². The number of H-pyrrole nitrogens is 1. The molecule has 2 aromatic rings. The standard InChI is InChI=1S/C9H12N4O3S/c1-6-7(2)16-9(13-6)5-12-17(14,15)8-3-10-11-4-8/h3-4,12H,5H2,1-2H3,(H,10,11). The monoisotopic (exact) mass is 256 g/mol. The number of nitrogens with zero attached hydrogens (tertiary/aromatic N) is 2. The Labute approximate surface area is 98.3 Å². The van der Waals surface area contributed by atoms with Gasteiger partial charge in [-0.15, -0.1) is 0 Å². The predicted octanol–water partition coefficient (Wildman–Crippen LogP) is 0.493. The van der Waals surface area contributed by atoms with Crippen molar-refractivity contribution in [3.05, 3.63) is 29.7 Å². The second-order valence-corrected chi connectivity index (χ2v) is 5.27. The van der Waals surface area contributed by atoms with Gasteiger partial charge in [-0.1, -0.05) is 0 Å². The Morgan fingerprint density at radius 1 is 1.47 bits per heavy atom. The first-order valence-corrected chi connectivity index (χ1v) is 6.39. The highest BCUT2D eigenvalue weighted by molar-refractivity contribution is 7.89. The molecule has 0 aromatic carbocycles. The summed E-state index contributed by atoms with van der Waals surface area (Å²) < 4.78 is 31.1. The number of aryl methyl sites for hydroxylation is 2. The number of sulfonamides is 1. The van der Waals surface area contributed by atoms with E-state index in [2.05, 4.69) is 19.9 Å². The molecule has 2 aromatic heterocycles. The van der Waals surface area contributed by atoms with Gasteiger partial charge in [-0.2, -0.15) is 5.10 Å². The molecule has 0 aliphatic heterocycles. The number of oxazole rings is 1. The molecule has 0 bridgehead atoms. The summed E-state index contributed by atoms with van der Waals surface area (Å²) in [6.07, 6.45) is 2.53. The van der Waals surface area contributed by atoms with E-state index in [9.17, 15) is 8.42 Å². The maximum atomic E-state index is 11.7. The van der Waals surface area contributed by atoms with Crippen LogP contribution >= 0.6 is 0 Å². The lowest BCUT2D eigenvalue weighted by molar-refractivity contribution is 0.463. The van der Waals surface area contributed by atoms with Crippen LogP contribution in [0.25, 0.3) is 0 Å². The van der Waals surface area contributed by atoms with E-state index in [1.165, 1.54) is 12.4 Å². The molecule has 2 rings (SSSR count). The van der Waals surface area contributed by atoms with E-state index in [0.29, 0.717) is 11.7 Å². The molecule has 0 saturated heterocycles. The largest absolute Gasteiger partial charge is 0.444 e. The van der Waals surface area contributed by atoms with Crippen LogP contribution < -0.4 is 4.72 Å². The predicted molar refractivity (Wildman–Crippen MR) is 58.6 cm³/mol. The zero-order chi connectivity index (χ0) is 12.5. The molecule has 0 saturated carbocycles. The zero-order valence-electron chi connectivity index (χ0n) is 9.39. The second-order valence-electron chi connectivity index (χ2n) is 3.51. The lowest BCUT2D eigenvalue weighted by atomic mass is 10.4. The number of hydrogen-bond donors (Lipinski definition) is 2. The van der Waals surface area contributed by atoms with E-state index < -0.39 is 10.0 Å². The quantitative estimate of drug-likeness (QED) is 0.829. The third kappa shape index (κ3) is 2.53. The number of hydrogen-bond acceptors (Lipinski definition) is 5. The Morgan fingerprint density at radius 2 is 2.24 bits per heavy atom. The fourth-order valence-corrected chi connectivity index (χ4v) is 2.12. The van der Waals surface area contributed by atoms with Gasteiger partial charge in [0.2, 0.25) is 15.9 Å². The Bertz CT molecular complexity index is 581. The summed E-state index contributed by atoms with van der Waals surface area (Å²) in [6, 6.07) is 0. The van der Waals surface area contributed by atoms with Gasteiger partial charge in [0.15, 0.2) is 0 Å². The van der Waals surface area contributed by atoms with Gasteiger partial charge in [-0.3, -0.25) is 5.10 Å². The molecule has 7 nitrogen and oxygen atoms in total. The van der Waals surface area contributed by atoms with Crippen molar-refractivity contribution < 1.29 is 12.8 Å². The van der Waals surface area contributed by atoms with Gasteiger partial charge in [0, 0.05) is 6.20 Å². The molecule has 0 unspecified atom stereocenters. The smallest absolute Gasteiger partial charge is 0.244 e. The Hall–Kier alpha value is -1.67. The lowest BCUT2D eigenvalue weighted by Gasteiger charge is -2.00. The van der Waals surface area contributed by atoms with Gasteiger partial charge in [0.25, 0.3) is 0 Å². The zero-order valence-corrected chi connectivity index (χ0v) is 10.2. The molecule has 0 aliphatic rings. The van der Waals surface area contributed by atoms with E-state index in [-0.39, 0.29) is 11.4 Å². The van der Waals surface area contributed by atoms with Crippen LogP contribution in [0.2, 0.25) is 0 Å². The van der Waals surface area contributed by atoms with Crippen molar-refractivity contribution in [1.82, 2.24) is 19.9 Å². The summed E-state index contributed by atoms with van der Waals surface area (Å²) in [5.41, 5.74) is 0.752. The van der Waals surface area contributed by atoms with Gasteiger partial charge in [-0.05, 0) is 13.8 Å². The molecular formula is C9H12N4O3S. The second kappa shape index (κ2) is 4.30. The summed E-state index contributed by atoms with van der Waals surface area (Å²) in [4.78, 5) is 4.16. The highest BCUT2D eigenvalue weighted by Gasteiger charge is 2.16. The van der Waals surface area contributed by atoms with E-state index in [1.807, 2.05) is 0 Å². The fraction of sp³-hybridized carbons (Fsp3) is 0.333. The third-order valence-electron chi connectivity index (χ3n) is 2.27. The summed E-state index contributed by atoms with van der Waals surface area (Å²) in [7, 11) is -3.56. The molecule has 0 aliphatic carbocycles. The molecule has 0 fully saturated rings. The molecule has 0 spiro atoms. The van der Waals surface area contributed by atoms with Crippen molar-refractivity contribution in [1.29, 1.82) is 0 Å². The first kappa shape index (κ1) is 11.8. The molecule has 2 N–H and O–H groups in total. The van der Waals surface area contributed by atoms with E-state index >= 15 is 0 Å². The minimum absolute atomic E-state index is 0.0161. The van der Waals surface area contributed by atoms with Crippen LogP contribution in [-0.2, 0) is 16.6 Å². The Balaban J connectivity index is 2.08. The number of rotatable bonds is 4. The van der Waals surface area contributed by atoms with Gasteiger partial charge in [-0.25, -0.2) is 18.1 Å². The average Bonchev–Trinajstić information content (AvgIpc) is 2.87. The van der Waals surface area contributed by atoms with Gasteiger partial charge >= 0.3 is 0 Å². The minimum Gasteiger partial charge on any atom is -0.444 e. The van der Waals surface area contributed by atoms with Crippen molar-refractivity contribution in [2.24, 2.45) is 0 Å². The van der Waals surface area contributed by atoms with Gasteiger partial charge in [0.1, 0.15) is 10.7 Å². The van der Waals surface area contributed by atoms with Crippen LogP contribution in [0.15, 0.2) is 21.7 Å². The average molecular weight is 256 g/mol. The number of nitrogens with one attached hydrogen (secondary N) is 2. The number of aromatic nitrogens is 3. The Kier molecular flexibility index (Phi) is 2.99. The van der Waals surface area contributed by atoms with Crippen LogP contribution in [0.1, 0.15) is 17.3 Å². The highest BCUT2D eigenvalue weighted by Crippen LogP contribution is 2.10. The molecule has 8 heteroatoms. The van der Waals surface area contributed by atoms with Crippen molar-refractivity contribution >= 4 is 10.0 Å². The third-order valence-corrected chi connectivity index (χ3v) is 3.64. The van der Waals surface area contributed by atoms with Crippen LogP contribution in [-0.4, -0.2) is 23.6 Å². The maximum Gasteiger partial charge on any atom is 0.244 e. The fourth-order valence-electron chi connectivity index (χ4n) is 1.24. The van der Waals surface area contributed by atoms with Crippen LogP contribution in [0.3, 0.4) is 0 Å². The van der Waals surface area contributed by atoms with Gasteiger partial charge in [0.05, 0.1) is 18.4 Å². The summed E-state index contributed by atoms with van der Waals surface area (Å²) in [6.45, 7) is 3.59. The molecule has 17 heavy (non-hydrogen) atoms. The van der Waals surface area contributed by atoms with Crippen molar-refractivity contribution in [2.75, 3.05) is 0 Å². The molecule has 0 radical (unpaired) electrons. The minimum atomic E-state index is -3.56. The molecular weight excluding hydrogens is 244 g/mol. The van der Waals surface area contributed by atoms with Crippen molar-refractivity contribution in [3.8, 4) is 0 Å². The van der Waals surface area contributed by atoms with Gasteiger partial charge < -0.3 is 4.42 Å². The first-order chi connectivity index (χ1) is 7.99. The topological polar surface area (TPSA) is 101 Å². The lowest BCUT2D eigenvalue weighted by Crippen LogP contribution is -2.23. The maximum absolute atomic E-state index is 11.7. The SMILES string of the molecule is Cc1nc(CNS(=O)(=O)c2cn[nH]c2)oc1C. The molecule has 0 amide bonds. The van der Waals surface area contributed by atoms with Crippen molar-refractivity contribution in [3.63, 3.8) is 0 Å².